The van der Waals surface area contributed by atoms with E-state index < -0.39 is 28.5 Å². The van der Waals surface area contributed by atoms with Gasteiger partial charge in [0.25, 0.3) is 10.0 Å². The number of amides is 2. The van der Waals surface area contributed by atoms with Gasteiger partial charge in [-0.15, -0.1) is 0 Å². The fourth-order valence-electron chi connectivity index (χ4n) is 4.83. The van der Waals surface area contributed by atoms with E-state index in [0.29, 0.717) is 22.2 Å². The normalized spacial score (nSPS) is 12.1. The number of carbonyl (C=O) groups is 2. The number of sulfonamides is 1. The average Bonchev–Trinajstić information content (AvgIpc) is 3.02. The molecule has 0 aliphatic carbocycles. The number of benzene rings is 4. The summed E-state index contributed by atoms with van der Waals surface area (Å²) in [5.74, 6) is -0.883. The number of nitrogens with zero attached hydrogens (tertiary/aromatic N) is 2. The van der Waals surface area contributed by atoms with Crippen LogP contribution in [0.4, 0.5) is 5.69 Å². The first-order valence-electron chi connectivity index (χ1n) is 14.8. The van der Waals surface area contributed by atoms with Crippen molar-refractivity contribution in [2.45, 2.75) is 44.7 Å². The van der Waals surface area contributed by atoms with E-state index >= 15 is 0 Å². The van der Waals surface area contributed by atoms with Crippen LogP contribution in [0.5, 0.6) is 0 Å². The topological polar surface area (TPSA) is 86.8 Å². The van der Waals surface area contributed by atoms with Crippen LogP contribution in [0.15, 0.2) is 102 Å². The monoisotopic (exact) mass is 699 g/mol. The van der Waals surface area contributed by atoms with Crippen molar-refractivity contribution < 1.29 is 18.0 Å². The van der Waals surface area contributed by atoms with Gasteiger partial charge in [-0.25, -0.2) is 8.42 Å². The number of para-hydroxylation sites is 1. The maximum Gasteiger partial charge on any atom is 0.264 e. The lowest BCUT2D eigenvalue weighted by atomic mass is 10.0. The lowest BCUT2D eigenvalue weighted by molar-refractivity contribution is -0.140. The highest BCUT2D eigenvalue weighted by Gasteiger charge is 2.35. The minimum Gasteiger partial charge on any atom is -0.354 e. The van der Waals surface area contributed by atoms with Crippen LogP contribution in [0.3, 0.4) is 0 Å². The van der Waals surface area contributed by atoms with Gasteiger partial charge in [-0.05, 0) is 54.8 Å². The van der Waals surface area contributed by atoms with Gasteiger partial charge in [-0.3, -0.25) is 13.9 Å². The maximum atomic E-state index is 14.6. The smallest absolute Gasteiger partial charge is 0.264 e. The summed E-state index contributed by atoms with van der Waals surface area (Å²) in [6.07, 6.45) is 0.162. The Balaban J connectivity index is 1.84. The molecule has 0 aliphatic heterocycles. The molecule has 0 aromatic heterocycles. The Morgan fingerprint density at radius 3 is 1.98 bits per heavy atom. The second kappa shape index (κ2) is 15.8. The van der Waals surface area contributed by atoms with Gasteiger partial charge in [0.2, 0.25) is 11.8 Å². The van der Waals surface area contributed by atoms with Crippen molar-refractivity contribution in [1.29, 1.82) is 0 Å². The summed E-state index contributed by atoms with van der Waals surface area (Å²) in [5.41, 5.74) is 2.24. The van der Waals surface area contributed by atoms with Crippen LogP contribution in [0.1, 0.15) is 30.5 Å². The standard InChI is InChI=1S/C35H36Cl3N3O4S/c1-24(2)21-39-35(43)33(20-26-10-5-4-6-11-26)40(22-28-29(36)13-9-14-30(28)37)34(42)23-41(32-15-8-7-12-31(32)38)46(44,45)27-18-16-25(3)17-19-27/h4-19,24,33H,20-23H2,1-3H3,(H,39,43). The highest BCUT2D eigenvalue weighted by atomic mass is 35.5. The SMILES string of the molecule is Cc1ccc(S(=O)(=O)N(CC(=O)N(Cc2c(Cl)cccc2Cl)C(Cc2ccccc2)C(=O)NCC(C)C)c2ccccc2Cl)cc1. The van der Waals surface area contributed by atoms with Crippen molar-refractivity contribution in [1.82, 2.24) is 10.2 Å². The summed E-state index contributed by atoms with van der Waals surface area (Å²) in [5, 5.41) is 3.71. The molecule has 0 saturated carbocycles. The number of hydrogen-bond donors (Lipinski definition) is 1. The molecular weight excluding hydrogens is 665 g/mol. The first-order valence-corrected chi connectivity index (χ1v) is 17.3. The van der Waals surface area contributed by atoms with Gasteiger partial charge in [-0.2, -0.15) is 0 Å². The summed E-state index contributed by atoms with van der Waals surface area (Å²) >= 11 is 19.7. The minimum atomic E-state index is -4.29. The fraction of sp³-hybridized carbons (Fsp3) is 0.257. The predicted molar refractivity (Wildman–Crippen MR) is 186 cm³/mol. The lowest BCUT2D eigenvalue weighted by Crippen LogP contribution is -2.53. The Labute approximate surface area is 286 Å². The van der Waals surface area contributed by atoms with Crippen LogP contribution in [-0.4, -0.2) is 44.3 Å². The van der Waals surface area contributed by atoms with E-state index in [2.05, 4.69) is 5.32 Å². The molecule has 1 N–H and O–H groups in total. The van der Waals surface area contributed by atoms with E-state index in [1.807, 2.05) is 51.1 Å². The van der Waals surface area contributed by atoms with Crippen molar-refractivity contribution in [3.05, 3.63) is 129 Å². The molecule has 11 heteroatoms. The molecule has 1 atom stereocenters. The Hall–Kier alpha value is -3.56. The number of halogens is 3. The van der Waals surface area contributed by atoms with Gasteiger partial charge in [0.05, 0.1) is 15.6 Å². The molecule has 0 spiro atoms. The van der Waals surface area contributed by atoms with Crippen LogP contribution in [0.2, 0.25) is 15.1 Å². The van der Waals surface area contributed by atoms with E-state index in [4.69, 9.17) is 34.8 Å². The minimum absolute atomic E-state index is 0.0120. The van der Waals surface area contributed by atoms with Gasteiger partial charge in [0.15, 0.2) is 0 Å². The zero-order valence-corrected chi connectivity index (χ0v) is 28.9. The van der Waals surface area contributed by atoms with E-state index in [1.165, 1.54) is 23.1 Å². The van der Waals surface area contributed by atoms with Crippen LogP contribution in [-0.2, 0) is 32.6 Å². The second-order valence-electron chi connectivity index (χ2n) is 11.3. The number of carbonyl (C=O) groups excluding carboxylic acids is 2. The molecule has 242 valence electrons. The van der Waals surface area contributed by atoms with Crippen LogP contribution >= 0.6 is 34.8 Å². The molecule has 2 amide bonds. The molecule has 4 aromatic rings. The molecule has 7 nitrogen and oxygen atoms in total. The summed E-state index contributed by atoms with van der Waals surface area (Å²) in [6, 6.07) is 26.0. The molecule has 0 aliphatic rings. The first kappa shape index (κ1) is 35.3. The third kappa shape index (κ3) is 8.82. The van der Waals surface area contributed by atoms with Crippen LogP contribution in [0, 0.1) is 12.8 Å². The molecule has 0 radical (unpaired) electrons. The largest absolute Gasteiger partial charge is 0.354 e. The zero-order valence-electron chi connectivity index (χ0n) is 25.8. The molecule has 4 aromatic carbocycles. The Morgan fingerprint density at radius 2 is 1.37 bits per heavy atom. The fourth-order valence-corrected chi connectivity index (χ4v) is 7.07. The van der Waals surface area contributed by atoms with Gasteiger partial charge in [-0.1, -0.05) is 115 Å². The molecule has 0 bridgehead atoms. The van der Waals surface area contributed by atoms with Crippen molar-refractivity contribution in [2.75, 3.05) is 17.4 Å². The molecule has 0 heterocycles. The maximum absolute atomic E-state index is 14.6. The first-order chi connectivity index (χ1) is 21.9. The molecule has 0 saturated heterocycles. The van der Waals surface area contributed by atoms with Crippen molar-refractivity contribution in [3.63, 3.8) is 0 Å². The molecule has 0 fully saturated rings. The van der Waals surface area contributed by atoms with Crippen molar-refractivity contribution in [2.24, 2.45) is 5.92 Å². The Kier molecular flexibility index (Phi) is 12.1. The van der Waals surface area contributed by atoms with Gasteiger partial charge >= 0.3 is 0 Å². The number of hydrogen-bond acceptors (Lipinski definition) is 4. The van der Waals surface area contributed by atoms with Crippen LogP contribution < -0.4 is 9.62 Å². The van der Waals surface area contributed by atoms with Crippen molar-refractivity contribution >= 4 is 62.3 Å². The summed E-state index contributed by atoms with van der Waals surface area (Å²) in [4.78, 5) is 29.8. The van der Waals surface area contributed by atoms with E-state index in [1.54, 1.807) is 48.5 Å². The highest BCUT2D eigenvalue weighted by molar-refractivity contribution is 7.92. The van der Waals surface area contributed by atoms with Gasteiger partial charge in [0.1, 0.15) is 12.6 Å². The third-order valence-corrected chi connectivity index (χ3v) is 10.2. The molecule has 4 rings (SSSR count). The van der Waals surface area contributed by atoms with Crippen LogP contribution in [0.25, 0.3) is 0 Å². The van der Waals surface area contributed by atoms with E-state index in [9.17, 15) is 18.0 Å². The van der Waals surface area contributed by atoms with Gasteiger partial charge < -0.3 is 10.2 Å². The molecular formula is C35H36Cl3N3O4S. The highest BCUT2D eigenvalue weighted by Crippen LogP contribution is 2.32. The second-order valence-corrected chi connectivity index (χ2v) is 14.4. The Bertz CT molecular complexity index is 1750. The quantitative estimate of drug-likeness (QED) is 0.156. The number of aryl methyl sites for hydroxylation is 1. The molecule has 46 heavy (non-hydrogen) atoms. The zero-order chi connectivity index (χ0) is 33.4. The Morgan fingerprint density at radius 1 is 0.783 bits per heavy atom. The number of anilines is 1. The van der Waals surface area contributed by atoms with Crippen molar-refractivity contribution in [3.8, 4) is 0 Å². The molecule has 1 unspecified atom stereocenters. The summed E-state index contributed by atoms with van der Waals surface area (Å²) in [6.45, 7) is 5.37. The van der Waals surface area contributed by atoms with E-state index in [-0.39, 0.29) is 40.4 Å². The number of nitrogens with one attached hydrogen (secondary N) is 1. The average molecular weight is 701 g/mol. The van der Waals surface area contributed by atoms with Gasteiger partial charge in [0, 0.05) is 35.1 Å². The summed E-state index contributed by atoms with van der Waals surface area (Å²) in [7, 11) is -4.29. The summed E-state index contributed by atoms with van der Waals surface area (Å²) < 4.78 is 29.3. The van der Waals surface area contributed by atoms with E-state index in [0.717, 1.165) is 15.4 Å². The number of rotatable bonds is 13. The lowest BCUT2D eigenvalue weighted by Gasteiger charge is -2.34. The third-order valence-electron chi connectivity index (χ3n) is 7.35. The predicted octanol–water partition coefficient (Wildman–Crippen LogP) is 7.56.